The van der Waals surface area contributed by atoms with Gasteiger partial charge in [0, 0.05) is 11.8 Å². The van der Waals surface area contributed by atoms with Crippen LogP contribution in [-0.2, 0) is 6.54 Å². The highest BCUT2D eigenvalue weighted by Crippen LogP contribution is 2.35. The van der Waals surface area contributed by atoms with Gasteiger partial charge in [0.05, 0.1) is 12.2 Å². The quantitative estimate of drug-likeness (QED) is 0.508. The largest absolute Gasteiger partial charge is 0.454 e. The number of H-pyrrole nitrogens is 1. The van der Waals surface area contributed by atoms with E-state index < -0.39 is 0 Å². The molecule has 0 saturated carbocycles. The van der Waals surface area contributed by atoms with Crippen LogP contribution in [0.4, 0.5) is 5.82 Å². The van der Waals surface area contributed by atoms with Gasteiger partial charge < -0.3 is 14.8 Å². The predicted octanol–water partition coefficient (Wildman–Crippen LogP) is 3.96. The van der Waals surface area contributed by atoms with Gasteiger partial charge >= 0.3 is 0 Å². The van der Waals surface area contributed by atoms with Gasteiger partial charge in [0.15, 0.2) is 17.3 Å². The number of nitrogens with one attached hydrogen (secondary N) is 2. The Kier molecular flexibility index (Phi) is 4.61. The van der Waals surface area contributed by atoms with E-state index in [1.54, 1.807) is 16.9 Å². The fourth-order valence-electron chi connectivity index (χ4n) is 3.15. The number of hydrogen-bond donors (Lipinski definition) is 2. The van der Waals surface area contributed by atoms with E-state index in [4.69, 9.17) is 21.1 Å². The van der Waals surface area contributed by atoms with Crippen LogP contribution in [0.5, 0.6) is 11.5 Å². The number of halogens is 1. The summed E-state index contributed by atoms with van der Waals surface area (Å²) in [5.74, 6) is 1.24. The van der Waals surface area contributed by atoms with Crippen LogP contribution in [0.2, 0.25) is 5.02 Å². The zero-order valence-corrected chi connectivity index (χ0v) is 16.4. The van der Waals surface area contributed by atoms with Crippen molar-refractivity contribution in [3.63, 3.8) is 0 Å². The zero-order valence-electron chi connectivity index (χ0n) is 15.6. The SMILES string of the molecule is O=C(Nc1nn(Cc2ccccc2)cc1Cl)c1cc(-c2ccc3c(c2)OCO3)n[nH]1. The van der Waals surface area contributed by atoms with Crippen molar-refractivity contribution in [2.24, 2.45) is 0 Å². The Balaban J connectivity index is 1.30. The molecule has 0 atom stereocenters. The maximum atomic E-state index is 12.6. The summed E-state index contributed by atoms with van der Waals surface area (Å²) in [6.07, 6.45) is 1.68. The molecule has 0 saturated heterocycles. The van der Waals surface area contributed by atoms with E-state index in [1.165, 1.54) is 0 Å². The number of aromatic amines is 1. The van der Waals surface area contributed by atoms with E-state index in [-0.39, 0.29) is 24.2 Å². The molecule has 2 aromatic carbocycles. The first-order valence-corrected chi connectivity index (χ1v) is 9.57. The van der Waals surface area contributed by atoms with Crippen molar-refractivity contribution in [2.45, 2.75) is 6.54 Å². The predicted molar refractivity (Wildman–Crippen MR) is 111 cm³/mol. The van der Waals surface area contributed by atoms with Crippen molar-refractivity contribution in [3.8, 4) is 22.8 Å². The molecule has 0 radical (unpaired) electrons. The van der Waals surface area contributed by atoms with E-state index in [9.17, 15) is 4.79 Å². The molecule has 0 aliphatic carbocycles. The Morgan fingerprint density at radius 3 is 2.83 bits per heavy atom. The molecule has 30 heavy (non-hydrogen) atoms. The van der Waals surface area contributed by atoms with Crippen LogP contribution >= 0.6 is 11.6 Å². The Labute approximate surface area is 176 Å². The summed E-state index contributed by atoms with van der Waals surface area (Å²) in [5, 5.41) is 14.4. The van der Waals surface area contributed by atoms with E-state index in [1.807, 2.05) is 48.5 Å². The molecule has 9 heteroatoms. The highest BCUT2D eigenvalue weighted by molar-refractivity contribution is 6.33. The van der Waals surface area contributed by atoms with Crippen molar-refractivity contribution in [1.82, 2.24) is 20.0 Å². The smallest absolute Gasteiger partial charge is 0.274 e. The molecule has 2 N–H and O–H groups in total. The number of hydrogen-bond acceptors (Lipinski definition) is 5. The average Bonchev–Trinajstić information content (AvgIpc) is 3.48. The highest BCUT2D eigenvalue weighted by Gasteiger charge is 2.18. The molecule has 8 nitrogen and oxygen atoms in total. The maximum Gasteiger partial charge on any atom is 0.274 e. The summed E-state index contributed by atoms with van der Waals surface area (Å²) >= 11 is 6.25. The molecular formula is C21H16ClN5O3. The van der Waals surface area contributed by atoms with Crippen molar-refractivity contribution in [1.29, 1.82) is 0 Å². The normalized spacial score (nSPS) is 12.2. The second kappa shape index (κ2) is 7.57. The second-order valence-corrected chi connectivity index (χ2v) is 7.11. The summed E-state index contributed by atoms with van der Waals surface area (Å²) < 4.78 is 12.4. The highest BCUT2D eigenvalue weighted by atomic mass is 35.5. The van der Waals surface area contributed by atoms with E-state index >= 15 is 0 Å². The number of aromatic nitrogens is 4. The summed E-state index contributed by atoms with van der Waals surface area (Å²) in [6, 6.07) is 17.0. The minimum absolute atomic E-state index is 0.199. The summed E-state index contributed by atoms with van der Waals surface area (Å²) in [5.41, 5.74) is 2.78. The summed E-state index contributed by atoms with van der Waals surface area (Å²) in [7, 11) is 0. The number of fused-ring (bicyclic) bond motifs is 1. The van der Waals surface area contributed by atoms with Crippen LogP contribution in [0, 0.1) is 0 Å². The van der Waals surface area contributed by atoms with Crippen LogP contribution in [-0.4, -0.2) is 32.7 Å². The molecular weight excluding hydrogens is 406 g/mol. The minimum Gasteiger partial charge on any atom is -0.454 e. The standard InChI is InChI=1S/C21H16ClN5O3/c22-15-11-27(10-13-4-2-1-3-5-13)26-20(15)23-21(28)17-9-16(24-25-17)14-6-7-18-19(8-14)30-12-29-18/h1-9,11H,10,12H2,(H,24,25)(H,23,26,28). The monoisotopic (exact) mass is 421 g/mol. The molecule has 0 unspecified atom stereocenters. The molecule has 0 bridgehead atoms. The first kappa shape index (κ1) is 18.3. The molecule has 3 heterocycles. The molecule has 150 valence electrons. The van der Waals surface area contributed by atoms with Crippen molar-refractivity contribution in [2.75, 3.05) is 12.1 Å². The number of rotatable bonds is 5. The Hall–Kier alpha value is -3.78. The van der Waals surface area contributed by atoms with Gasteiger partial charge in [0.2, 0.25) is 6.79 Å². The number of nitrogens with zero attached hydrogens (tertiary/aromatic N) is 3. The van der Waals surface area contributed by atoms with E-state index in [0.29, 0.717) is 28.8 Å². The first-order chi connectivity index (χ1) is 14.7. The summed E-state index contributed by atoms with van der Waals surface area (Å²) in [6.45, 7) is 0.749. The van der Waals surface area contributed by atoms with E-state index in [0.717, 1.165) is 11.1 Å². The lowest BCUT2D eigenvalue weighted by Gasteiger charge is -2.02. The average molecular weight is 422 g/mol. The number of carbonyl (C=O) groups is 1. The lowest BCUT2D eigenvalue weighted by atomic mass is 10.1. The number of benzene rings is 2. The second-order valence-electron chi connectivity index (χ2n) is 6.70. The van der Waals surface area contributed by atoms with Crippen molar-refractivity contribution >= 4 is 23.3 Å². The molecule has 5 rings (SSSR count). The minimum atomic E-state index is -0.388. The van der Waals surface area contributed by atoms with Crippen molar-refractivity contribution < 1.29 is 14.3 Å². The molecule has 1 aliphatic heterocycles. The van der Waals surface area contributed by atoms with Crippen molar-refractivity contribution in [3.05, 3.63) is 77.1 Å². The third-order valence-electron chi connectivity index (χ3n) is 4.63. The lowest BCUT2D eigenvalue weighted by molar-refractivity contribution is 0.102. The molecule has 0 fully saturated rings. The van der Waals surface area contributed by atoms with Crippen LogP contribution < -0.4 is 14.8 Å². The van der Waals surface area contributed by atoms with Crippen LogP contribution in [0.15, 0.2) is 60.8 Å². The van der Waals surface area contributed by atoms with Crippen LogP contribution in [0.3, 0.4) is 0 Å². The van der Waals surface area contributed by atoms with E-state index in [2.05, 4.69) is 20.6 Å². The number of amides is 1. The number of ether oxygens (including phenoxy) is 2. The fourth-order valence-corrected chi connectivity index (χ4v) is 3.35. The third-order valence-corrected chi connectivity index (χ3v) is 4.90. The molecule has 1 amide bonds. The van der Waals surface area contributed by atoms with Gasteiger partial charge in [-0.05, 0) is 29.8 Å². The number of anilines is 1. The van der Waals surface area contributed by atoms with Gasteiger partial charge in [0.25, 0.3) is 5.91 Å². The van der Waals surface area contributed by atoms with Gasteiger partial charge in [0.1, 0.15) is 10.7 Å². The van der Waals surface area contributed by atoms with Gasteiger partial charge in [-0.15, -0.1) is 0 Å². The molecule has 0 spiro atoms. The fraction of sp³-hybridized carbons (Fsp3) is 0.0952. The third kappa shape index (κ3) is 3.60. The Bertz CT molecular complexity index is 1220. The summed E-state index contributed by atoms with van der Waals surface area (Å²) in [4.78, 5) is 12.6. The van der Waals surface area contributed by atoms with Gasteiger partial charge in [-0.25, -0.2) is 0 Å². The molecule has 4 aromatic rings. The topological polar surface area (TPSA) is 94.1 Å². The Morgan fingerprint density at radius 2 is 1.97 bits per heavy atom. The van der Waals surface area contributed by atoms with Gasteiger partial charge in [-0.1, -0.05) is 41.9 Å². The zero-order chi connectivity index (χ0) is 20.5. The number of carbonyl (C=O) groups excluding carboxylic acids is 1. The first-order valence-electron chi connectivity index (χ1n) is 9.19. The lowest BCUT2D eigenvalue weighted by Crippen LogP contribution is -2.13. The van der Waals surface area contributed by atoms with Crippen LogP contribution in [0.25, 0.3) is 11.3 Å². The van der Waals surface area contributed by atoms with Gasteiger partial charge in [-0.2, -0.15) is 10.2 Å². The Morgan fingerprint density at radius 1 is 1.13 bits per heavy atom. The van der Waals surface area contributed by atoms with Crippen LogP contribution in [0.1, 0.15) is 16.1 Å². The molecule has 2 aromatic heterocycles. The maximum absolute atomic E-state index is 12.6. The molecule has 1 aliphatic rings. The van der Waals surface area contributed by atoms with Gasteiger partial charge in [-0.3, -0.25) is 14.6 Å².